The number of hydrogen-bond donors (Lipinski definition) is 2. The summed E-state index contributed by atoms with van der Waals surface area (Å²) in [5, 5.41) is 13.6. The van der Waals surface area contributed by atoms with Crippen molar-refractivity contribution in [2.24, 2.45) is 0 Å². The Morgan fingerprint density at radius 2 is 2.00 bits per heavy atom. The standard InChI is InChI=1S/C19H19NO2S/c1-13-5-4-6-14(9-13)10-16(12-21)20-19(22)18-11-15-7-2-3-8-17(15)23-18/h2-9,11,16,21H,10,12H2,1H3,(H,20,22)/t16-/m1/s1. The number of rotatable bonds is 5. The summed E-state index contributed by atoms with van der Waals surface area (Å²) in [6, 6.07) is 17.7. The summed E-state index contributed by atoms with van der Waals surface area (Å²) in [5.41, 5.74) is 2.29. The minimum absolute atomic E-state index is 0.0788. The first kappa shape index (κ1) is 15.7. The number of amides is 1. The molecule has 0 unspecified atom stereocenters. The number of aliphatic hydroxyl groups is 1. The minimum atomic E-state index is -0.283. The van der Waals surface area contributed by atoms with E-state index >= 15 is 0 Å². The predicted molar refractivity (Wildman–Crippen MR) is 95.0 cm³/mol. The Hall–Kier alpha value is -2.17. The van der Waals surface area contributed by atoms with Gasteiger partial charge in [-0.3, -0.25) is 4.79 Å². The number of carbonyl (C=O) groups is 1. The highest BCUT2D eigenvalue weighted by atomic mass is 32.1. The molecule has 2 N–H and O–H groups in total. The van der Waals surface area contributed by atoms with Gasteiger partial charge in [-0.25, -0.2) is 0 Å². The Balaban J connectivity index is 1.71. The molecule has 2 aromatic carbocycles. The highest BCUT2D eigenvalue weighted by molar-refractivity contribution is 7.20. The van der Waals surface area contributed by atoms with Gasteiger partial charge < -0.3 is 10.4 Å². The van der Waals surface area contributed by atoms with Crippen LogP contribution in [0.1, 0.15) is 20.8 Å². The molecule has 1 atom stereocenters. The van der Waals surface area contributed by atoms with Crippen LogP contribution in [0.2, 0.25) is 0 Å². The third-order valence-electron chi connectivity index (χ3n) is 3.77. The Bertz CT molecular complexity index is 792. The second kappa shape index (κ2) is 6.94. The third-order valence-corrected chi connectivity index (χ3v) is 4.88. The van der Waals surface area contributed by atoms with E-state index in [0.717, 1.165) is 15.6 Å². The van der Waals surface area contributed by atoms with Gasteiger partial charge in [-0.05, 0) is 36.4 Å². The molecule has 118 valence electrons. The van der Waals surface area contributed by atoms with Crippen molar-refractivity contribution in [1.29, 1.82) is 0 Å². The number of nitrogens with one attached hydrogen (secondary N) is 1. The van der Waals surface area contributed by atoms with Crippen molar-refractivity contribution in [3.63, 3.8) is 0 Å². The van der Waals surface area contributed by atoms with Gasteiger partial charge in [-0.2, -0.15) is 0 Å². The number of aliphatic hydroxyl groups excluding tert-OH is 1. The van der Waals surface area contributed by atoms with Crippen molar-refractivity contribution >= 4 is 27.3 Å². The van der Waals surface area contributed by atoms with Crippen molar-refractivity contribution in [3.8, 4) is 0 Å². The zero-order chi connectivity index (χ0) is 16.2. The summed E-state index contributed by atoms with van der Waals surface area (Å²) in [4.78, 5) is 13.1. The lowest BCUT2D eigenvalue weighted by molar-refractivity contribution is 0.0920. The first-order valence-corrected chi connectivity index (χ1v) is 8.43. The molecule has 4 heteroatoms. The first-order chi connectivity index (χ1) is 11.2. The SMILES string of the molecule is Cc1cccc(C[C@H](CO)NC(=O)c2cc3ccccc3s2)c1. The van der Waals surface area contributed by atoms with Gasteiger partial charge in [0.2, 0.25) is 0 Å². The van der Waals surface area contributed by atoms with Crippen molar-refractivity contribution < 1.29 is 9.90 Å². The van der Waals surface area contributed by atoms with Crippen molar-refractivity contribution in [1.82, 2.24) is 5.32 Å². The number of thiophene rings is 1. The van der Waals surface area contributed by atoms with E-state index in [-0.39, 0.29) is 18.6 Å². The van der Waals surface area contributed by atoms with Gasteiger partial charge in [-0.15, -0.1) is 11.3 Å². The summed E-state index contributed by atoms with van der Waals surface area (Å²) in [5.74, 6) is -0.127. The summed E-state index contributed by atoms with van der Waals surface area (Å²) in [6.45, 7) is 1.96. The van der Waals surface area contributed by atoms with Gasteiger partial charge in [0, 0.05) is 4.70 Å². The molecule has 3 rings (SSSR count). The fourth-order valence-electron chi connectivity index (χ4n) is 2.64. The molecule has 3 aromatic rings. The molecule has 23 heavy (non-hydrogen) atoms. The lowest BCUT2D eigenvalue weighted by atomic mass is 10.0. The molecule has 0 bridgehead atoms. The summed E-state index contributed by atoms with van der Waals surface area (Å²) in [6.07, 6.45) is 0.620. The number of hydrogen-bond acceptors (Lipinski definition) is 3. The van der Waals surface area contributed by atoms with Crippen molar-refractivity contribution in [3.05, 3.63) is 70.6 Å². The maximum atomic E-state index is 12.4. The normalized spacial score (nSPS) is 12.3. The molecule has 0 aliphatic carbocycles. The summed E-state index contributed by atoms with van der Waals surface area (Å²) >= 11 is 1.47. The molecule has 0 radical (unpaired) electrons. The number of carbonyl (C=O) groups excluding carboxylic acids is 1. The minimum Gasteiger partial charge on any atom is -0.394 e. The quantitative estimate of drug-likeness (QED) is 0.754. The molecule has 1 amide bonds. The highest BCUT2D eigenvalue weighted by Gasteiger charge is 2.15. The first-order valence-electron chi connectivity index (χ1n) is 7.61. The van der Waals surface area contributed by atoms with E-state index in [1.165, 1.54) is 16.9 Å². The van der Waals surface area contributed by atoms with Gasteiger partial charge in [0.1, 0.15) is 0 Å². The summed E-state index contributed by atoms with van der Waals surface area (Å²) < 4.78 is 1.09. The van der Waals surface area contributed by atoms with Crippen LogP contribution in [0.15, 0.2) is 54.6 Å². The van der Waals surface area contributed by atoms with E-state index in [9.17, 15) is 9.90 Å². The smallest absolute Gasteiger partial charge is 0.261 e. The van der Waals surface area contributed by atoms with Gasteiger partial charge >= 0.3 is 0 Å². The second-order valence-corrected chi connectivity index (χ2v) is 6.78. The molecule has 0 fully saturated rings. The lowest BCUT2D eigenvalue weighted by Crippen LogP contribution is -2.38. The zero-order valence-electron chi connectivity index (χ0n) is 13.0. The average molecular weight is 325 g/mol. The van der Waals surface area contributed by atoms with Crippen LogP contribution in [0.5, 0.6) is 0 Å². The van der Waals surface area contributed by atoms with E-state index < -0.39 is 0 Å². The molecule has 0 spiro atoms. The Labute approximate surface area is 139 Å². The summed E-state index contributed by atoms with van der Waals surface area (Å²) in [7, 11) is 0. The van der Waals surface area contributed by atoms with Gasteiger partial charge in [0.05, 0.1) is 17.5 Å². The van der Waals surface area contributed by atoms with Crippen LogP contribution in [0.3, 0.4) is 0 Å². The molecule has 0 saturated heterocycles. The van der Waals surface area contributed by atoms with E-state index in [1.54, 1.807) is 0 Å². The molecule has 3 nitrogen and oxygen atoms in total. The van der Waals surface area contributed by atoms with Crippen LogP contribution in [-0.2, 0) is 6.42 Å². The second-order valence-electron chi connectivity index (χ2n) is 5.69. The number of aryl methyl sites for hydroxylation is 1. The van der Waals surface area contributed by atoms with E-state index in [4.69, 9.17) is 0 Å². The number of fused-ring (bicyclic) bond motifs is 1. The van der Waals surface area contributed by atoms with Crippen LogP contribution in [0.4, 0.5) is 0 Å². The van der Waals surface area contributed by atoms with Gasteiger partial charge in [-0.1, -0.05) is 48.0 Å². The van der Waals surface area contributed by atoms with Crippen LogP contribution >= 0.6 is 11.3 Å². The number of benzene rings is 2. The highest BCUT2D eigenvalue weighted by Crippen LogP contribution is 2.25. The van der Waals surface area contributed by atoms with Gasteiger partial charge in [0.25, 0.3) is 5.91 Å². The van der Waals surface area contributed by atoms with E-state index in [2.05, 4.69) is 11.4 Å². The molecule has 1 aromatic heterocycles. The van der Waals surface area contributed by atoms with Crippen molar-refractivity contribution in [2.75, 3.05) is 6.61 Å². The largest absolute Gasteiger partial charge is 0.394 e. The zero-order valence-corrected chi connectivity index (χ0v) is 13.8. The molecular formula is C19H19NO2S. The maximum Gasteiger partial charge on any atom is 0.261 e. The third kappa shape index (κ3) is 3.78. The fourth-order valence-corrected chi connectivity index (χ4v) is 3.60. The van der Waals surface area contributed by atoms with Crippen LogP contribution < -0.4 is 5.32 Å². The topological polar surface area (TPSA) is 49.3 Å². The average Bonchev–Trinajstić information content (AvgIpc) is 2.98. The van der Waals surface area contributed by atoms with Crippen LogP contribution in [-0.4, -0.2) is 23.7 Å². The monoisotopic (exact) mass is 325 g/mol. The Morgan fingerprint density at radius 3 is 2.74 bits per heavy atom. The molecule has 1 heterocycles. The van der Waals surface area contributed by atoms with Crippen molar-refractivity contribution in [2.45, 2.75) is 19.4 Å². The maximum absolute atomic E-state index is 12.4. The predicted octanol–water partition coefficient (Wildman–Crippen LogP) is 3.54. The lowest BCUT2D eigenvalue weighted by Gasteiger charge is -2.16. The molecule has 0 saturated carbocycles. The molecular weight excluding hydrogens is 306 g/mol. The Kier molecular flexibility index (Phi) is 4.74. The molecule has 0 aliphatic heterocycles. The van der Waals surface area contributed by atoms with Crippen LogP contribution in [0, 0.1) is 6.92 Å². The van der Waals surface area contributed by atoms with E-state index in [1.807, 2.05) is 55.5 Å². The van der Waals surface area contributed by atoms with E-state index in [0.29, 0.717) is 11.3 Å². The molecule has 0 aliphatic rings. The van der Waals surface area contributed by atoms with Gasteiger partial charge in [0.15, 0.2) is 0 Å². The fraction of sp³-hybridized carbons (Fsp3) is 0.211. The van der Waals surface area contributed by atoms with Crippen LogP contribution in [0.25, 0.3) is 10.1 Å². The Morgan fingerprint density at radius 1 is 1.17 bits per heavy atom.